The van der Waals surface area contributed by atoms with Crippen molar-refractivity contribution < 1.29 is 24.0 Å². The van der Waals surface area contributed by atoms with Gasteiger partial charge in [-0.3, -0.25) is 9.69 Å². The Morgan fingerprint density at radius 2 is 2.11 bits per heavy atom. The van der Waals surface area contributed by atoms with E-state index in [2.05, 4.69) is 13.8 Å². The van der Waals surface area contributed by atoms with Crippen LogP contribution in [0.4, 0.5) is 4.79 Å². The molecule has 4 rings (SSSR count). The molecule has 3 fully saturated rings. The highest BCUT2D eigenvalue weighted by Gasteiger charge is 2.54. The predicted molar refractivity (Wildman–Crippen MR) is 105 cm³/mol. The van der Waals surface area contributed by atoms with Gasteiger partial charge in [-0.05, 0) is 51.4 Å². The third kappa shape index (κ3) is 3.56. The Morgan fingerprint density at radius 3 is 2.82 bits per heavy atom. The summed E-state index contributed by atoms with van der Waals surface area (Å²) in [7, 11) is 0. The molecule has 0 unspecified atom stereocenters. The highest BCUT2D eigenvalue weighted by molar-refractivity contribution is 5.75. The van der Waals surface area contributed by atoms with Crippen molar-refractivity contribution in [2.45, 2.75) is 59.0 Å². The summed E-state index contributed by atoms with van der Waals surface area (Å²) >= 11 is 0. The number of allylic oxidation sites excluding steroid dienone is 2. The van der Waals surface area contributed by atoms with E-state index in [-0.39, 0.29) is 29.5 Å². The van der Waals surface area contributed by atoms with Crippen molar-refractivity contribution in [2.75, 3.05) is 39.3 Å². The lowest BCUT2D eigenvalue weighted by Gasteiger charge is -2.45. The van der Waals surface area contributed by atoms with Crippen LogP contribution in [0.25, 0.3) is 0 Å². The maximum Gasteiger partial charge on any atom is 0.410 e. The average molecular weight is 392 g/mol. The molecule has 2 saturated heterocycles. The number of piperazine rings is 1. The molecule has 156 valence electrons. The topological polar surface area (TPSA) is 60.3 Å². The second-order valence-electron chi connectivity index (χ2n) is 9.47. The number of rotatable bonds is 3. The lowest BCUT2D eigenvalue weighted by molar-refractivity contribution is -0.906. The highest BCUT2D eigenvalue weighted by Crippen LogP contribution is 2.54. The fourth-order valence-electron chi connectivity index (χ4n) is 6.08. The Hall–Kier alpha value is -1.56. The summed E-state index contributed by atoms with van der Waals surface area (Å²) in [5.74, 6) is 0.343. The third-order valence-electron chi connectivity index (χ3n) is 7.69. The summed E-state index contributed by atoms with van der Waals surface area (Å²) in [5.41, 5.74) is 3.41. The van der Waals surface area contributed by atoms with Gasteiger partial charge in [0.1, 0.15) is 12.0 Å². The first-order valence-electron chi connectivity index (χ1n) is 11.1. The van der Waals surface area contributed by atoms with Crippen LogP contribution >= 0.6 is 0 Å². The monoisotopic (exact) mass is 391 g/mol. The molecule has 0 bridgehead atoms. The predicted octanol–water partition coefficient (Wildman–Crippen LogP) is 1.80. The van der Waals surface area contributed by atoms with Crippen molar-refractivity contribution in [3.05, 3.63) is 11.1 Å². The molecular weight excluding hydrogens is 356 g/mol. The zero-order chi connectivity index (χ0) is 19.9. The number of fused-ring (bicyclic) bond motifs is 2. The lowest BCUT2D eigenvalue weighted by Crippen LogP contribution is -3.15. The maximum atomic E-state index is 12.7. The third-order valence-corrected chi connectivity index (χ3v) is 7.69. The van der Waals surface area contributed by atoms with E-state index < -0.39 is 0 Å². The molecule has 6 heteroatoms. The normalized spacial score (nSPS) is 36.0. The van der Waals surface area contributed by atoms with Gasteiger partial charge in [0, 0.05) is 5.92 Å². The maximum absolute atomic E-state index is 12.7. The SMILES string of the molecule is CCOC(=O)N1CC[NH+](C[C@@H]2C(=O)O[C@H]3C[C@]4(C)CCCC(C)=C4C[C@@H]32)CC1. The molecule has 4 aliphatic rings. The van der Waals surface area contributed by atoms with Crippen molar-refractivity contribution in [1.29, 1.82) is 0 Å². The van der Waals surface area contributed by atoms with Crippen molar-refractivity contribution in [2.24, 2.45) is 17.3 Å². The number of esters is 1. The van der Waals surface area contributed by atoms with Gasteiger partial charge in [0.15, 0.2) is 0 Å². The largest absolute Gasteiger partial charge is 0.462 e. The number of nitrogens with zero attached hydrogens (tertiary/aromatic N) is 1. The molecule has 1 saturated carbocycles. The number of carbonyl (C=O) groups excluding carboxylic acids is 2. The van der Waals surface area contributed by atoms with Gasteiger partial charge in [0.05, 0.1) is 39.3 Å². The first-order valence-corrected chi connectivity index (χ1v) is 11.1. The van der Waals surface area contributed by atoms with Crippen LogP contribution in [0.1, 0.15) is 52.9 Å². The van der Waals surface area contributed by atoms with Gasteiger partial charge >= 0.3 is 12.1 Å². The Bertz CT molecular complexity index is 667. The van der Waals surface area contributed by atoms with E-state index in [4.69, 9.17) is 9.47 Å². The molecule has 0 spiro atoms. The number of hydrogen-bond acceptors (Lipinski definition) is 4. The summed E-state index contributed by atoms with van der Waals surface area (Å²) in [6, 6.07) is 0. The number of carbonyl (C=O) groups is 2. The second kappa shape index (κ2) is 7.69. The molecule has 0 aromatic rings. The number of amides is 1. The summed E-state index contributed by atoms with van der Waals surface area (Å²) in [6.45, 7) is 10.9. The van der Waals surface area contributed by atoms with Gasteiger partial charge < -0.3 is 14.4 Å². The zero-order valence-electron chi connectivity index (χ0n) is 17.6. The van der Waals surface area contributed by atoms with Gasteiger partial charge in [-0.15, -0.1) is 0 Å². The number of ether oxygens (including phenoxy) is 2. The van der Waals surface area contributed by atoms with Crippen LogP contribution in [0, 0.1) is 17.3 Å². The number of quaternary nitrogens is 1. The van der Waals surface area contributed by atoms with E-state index >= 15 is 0 Å². The highest BCUT2D eigenvalue weighted by atomic mass is 16.6. The Morgan fingerprint density at radius 1 is 1.36 bits per heavy atom. The van der Waals surface area contributed by atoms with Gasteiger partial charge in [0.2, 0.25) is 0 Å². The molecule has 28 heavy (non-hydrogen) atoms. The van der Waals surface area contributed by atoms with Gasteiger partial charge in [-0.25, -0.2) is 4.79 Å². The molecule has 1 amide bonds. The van der Waals surface area contributed by atoms with Crippen LogP contribution in [0.3, 0.4) is 0 Å². The Balaban J connectivity index is 1.40. The van der Waals surface area contributed by atoms with E-state index in [1.54, 1.807) is 16.0 Å². The second-order valence-corrected chi connectivity index (χ2v) is 9.47. The minimum atomic E-state index is -0.215. The van der Waals surface area contributed by atoms with Gasteiger partial charge in [-0.1, -0.05) is 18.1 Å². The van der Waals surface area contributed by atoms with Crippen LogP contribution < -0.4 is 4.90 Å². The summed E-state index contributed by atoms with van der Waals surface area (Å²) in [4.78, 5) is 27.8. The zero-order valence-corrected chi connectivity index (χ0v) is 17.6. The summed E-state index contributed by atoms with van der Waals surface area (Å²) in [5, 5.41) is 0. The summed E-state index contributed by atoms with van der Waals surface area (Å²) in [6.07, 6.45) is 5.61. The quantitative estimate of drug-likeness (QED) is 0.589. The molecule has 0 aromatic carbocycles. The molecule has 2 heterocycles. The fraction of sp³-hybridized carbons (Fsp3) is 0.818. The van der Waals surface area contributed by atoms with Crippen molar-refractivity contribution in [3.63, 3.8) is 0 Å². The Kier molecular flexibility index (Phi) is 5.43. The van der Waals surface area contributed by atoms with Crippen LogP contribution in [-0.2, 0) is 14.3 Å². The molecule has 2 aliphatic carbocycles. The molecule has 1 N–H and O–H groups in total. The minimum absolute atomic E-state index is 0.000852. The lowest BCUT2D eigenvalue weighted by atomic mass is 9.59. The van der Waals surface area contributed by atoms with Gasteiger partial charge in [0.25, 0.3) is 0 Å². The molecule has 0 aromatic heterocycles. The van der Waals surface area contributed by atoms with E-state index in [1.165, 1.54) is 24.2 Å². The molecule has 6 nitrogen and oxygen atoms in total. The standard InChI is InChI=1S/C22H34N2O4/c1-4-27-21(26)24-10-8-23(9-11-24)14-17-16-12-18-15(2)6-5-7-22(18,3)13-19(16)28-20(17)25/h16-17,19H,4-14H2,1-3H3/p+1/t16-,17+,19+,22+/m1/s1. The van der Waals surface area contributed by atoms with Crippen LogP contribution in [0.2, 0.25) is 0 Å². The van der Waals surface area contributed by atoms with E-state index in [0.29, 0.717) is 25.6 Å². The Labute approximate surface area is 168 Å². The van der Waals surface area contributed by atoms with Crippen LogP contribution in [0.5, 0.6) is 0 Å². The van der Waals surface area contributed by atoms with Gasteiger partial charge in [-0.2, -0.15) is 0 Å². The smallest absolute Gasteiger partial charge is 0.410 e. The van der Waals surface area contributed by atoms with Crippen molar-refractivity contribution in [1.82, 2.24) is 4.90 Å². The average Bonchev–Trinajstić information content (AvgIpc) is 2.95. The van der Waals surface area contributed by atoms with E-state index in [0.717, 1.165) is 32.5 Å². The minimum Gasteiger partial charge on any atom is -0.462 e. The molecular formula is C22H35N2O4+. The van der Waals surface area contributed by atoms with Crippen molar-refractivity contribution >= 4 is 12.1 Å². The van der Waals surface area contributed by atoms with Crippen molar-refractivity contribution in [3.8, 4) is 0 Å². The molecule has 2 aliphatic heterocycles. The molecule has 0 radical (unpaired) electrons. The summed E-state index contributed by atoms with van der Waals surface area (Å²) < 4.78 is 11.0. The number of hydrogen-bond donors (Lipinski definition) is 1. The molecule has 4 atom stereocenters. The van der Waals surface area contributed by atoms with E-state index in [1.807, 2.05) is 6.92 Å². The van der Waals surface area contributed by atoms with Crippen LogP contribution in [-0.4, -0.2) is 62.4 Å². The fourth-order valence-corrected chi connectivity index (χ4v) is 6.08. The number of nitrogens with one attached hydrogen (secondary N) is 1. The first-order chi connectivity index (χ1) is 13.4. The first kappa shape index (κ1) is 19.7. The van der Waals surface area contributed by atoms with Crippen LogP contribution in [0.15, 0.2) is 11.1 Å². The van der Waals surface area contributed by atoms with E-state index in [9.17, 15) is 9.59 Å².